The predicted molar refractivity (Wildman–Crippen MR) is 67.1 cm³/mol. The molecule has 1 spiro atoms. The summed E-state index contributed by atoms with van der Waals surface area (Å²) >= 11 is 0. The highest BCUT2D eigenvalue weighted by molar-refractivity contribution is 5.02. The second kappa shape index (κ2) is 5.25. The zero-order valence-corrected chi connectivity index (χ0v) is 10.7. The molecule has 3 rings (SSSR count). The molecule has 0 bridgehead atoms. The summed E-state index contributed by atoms with van der Waals surface area (Å²) in [6.07, 6.45) is 8.03. The third kappa shape index (κ3) is 2.51. The number of hydrogen-bond acceptors (Lipinski definition) is 3. The Balaban J connectivity index is 1.33. The summed E-state index contributed by atoms with van der Waals surface area (Å²) in [4.78, 5) is 0. The van der Waals surface area contributed by atoms with E-state index in [0.717, 1.165) is 44.7 Å². The van der Waals surface area contributed by atoms with Crippen molar-refractivity contribution in [2.24, 2.45) is 11.8 Å². The van der Waals surface area contributed by atoms with Gasteiger partial charge in [0.25, 0.3) is 0 Å². The lowest BCUT2D eigenvalue weighted by Crippen LogP contribution is -2.62. The highest BCUT2D eigenvalue weighted by atomic mass is 16.5. The van der Waals surface area contributed by atoms with Gasteiger partial charge in [-0.05, 0) is 37.5 Å². The van der Waals surface area contributed by atoms with Gasteiger partial charge in [0.1, 0.15) is 0 Å². The summed E-state index contributed by atoms with van der Waals surface area (Å²) in [6.45, 7) is 5.00. The average Bonchev–Trinajstić information content (AvgIpc) is 2.92. The molecule has 0 radical (unpaired) electrons. The van der Waals surface area contributed by atoms with Crippen molar-refractivity contribution in [3.63, 3.8) is 0 Å². The molecule has 2 heterocycles. The molecule has 0 aromatic carbocycles. The molecule has 3 heteroatoms. The monoisotopic (exact) mass is 239 g/mol. The fourth-order valence-electron chi connectivity index (χ4n) is 3.61. The van der Waals surface area contributed by atoms with Gasteiger partial charge in [-0.15, -0.1) is 0 Å². The summed E-state index contributed by atoms with van der Waals surface area (Å²) in [5.74, 6) is 1.58. The van der Waals surface area contributed by atoms with Crippen LogP contribution in [0.15, 0.2) is 0 Å². The SMILES string of the molecule is C1CCC(COCC[C@H]2CCOC23CNC3)C1. The van der Waals surface area contributed by atoms with Gasteiger partial charge in [-0.1, -0.05) is 12.8 Å². The fourth-order valence-corrected chi connectivity index (χ4v) is 3.61. The molecule has 1 N–H and O–H groups in total. The maximum atomic E-state index is 5.90. The Morgan fingerprint density at radius 1 is 1.18 bits per heavy atom. The lowest BCUT2D eigenvalue weighted by atomic mass is 9.81. The van der Waals surface area contributed by atoms with E-state index in [4.69, 9.17) is 9.47 Å². The van der Waals surface area contributed by atoms with E-state index in [0.29, 0.717) is 0 Å². The Kier molecular flexibility index (Phi) is 3.69. The van der Waals surface area contributed by atoms with Crippen LogP contribution in [0.5, 0.6) is 0 Å². The smallest absolute Gasteiger partial charge is 0.0959 e. The van der Waals surface area contributed by atoms with Crippen molar-refractivity contribution in [2.45, 2.75) is 44.1 Å². The van der Waals surface area contributed by atoms with Crippen LogP contribution >= 0.6 is 0 Å². The standard InChI is InChI=1S/C14H25NO2/c1-2-4-12(3-1)9-16-7-5-13-6-8-17-14(13)10-15-11-14/h12-13,15H,1-11H2/t13-/m0/s1. The first kappa shape index (κ1) is 11.9. The Morgan fingerprint density at radius 2 is 2.00 bits per heavy atom. The summed E-state index contributed by atoms with van der Waals surface area (Å²) in [5.41, 5.74) is 0.191. The molecule has 1 saturated carbocycles. The van der Waals surface area contributed by atoms with E-state index in [1.165, 1.54) is 38.5 Å². The molecule has 3 nitrogen and oxygen atoms in total. The van der Waals surface area contributed by atoms with Crippen LogP contribution in [0.2, 0.25) is 0 Å². The van der Waals surface area contributed by atoms with Gasteiger partial charge in [0, 0.05) is 32.9 Å². The number of ether oxygens (including phenoxy) is 2. The van der Waals surface area contributed by atoms with Crippen molar-refractivity contribution >= 4 is 0 Å². The number of nitrogens with one attached hydrogen (secondary N) is 1. The molecule has 2 aliphatic heterocycles. The molecule has 0 unspecified atom stereocenters. The summed E-state index contributed by atoms with van der Waals surface area (Å²) in [5, 5.41) is 3.34. The second-order valence-electron chi connectivity index (χ2n) is 6.02. The Labute approximate surface area is 104 Å². The van der Waals surface area contributed by atoms with Crippen LogP contribution in [0, 0.1) is 11.8 Å². The van der Waals surface area contributed by atoms with Crippen LogP contribution in [0.4, 0.5) is 0 Å². The lowest BCUT2D eigenvalue weighted by molar-refractivity contribution is -0.0676. The highest BCUT2D eigenvalue weighted by Crippen LogP contribution is 2.37. The van der Waals surface area contributed by atoms with Crippen LogP contribution in [-0.2, 0) is 9.47 Å². The Bertz CT molecular complexity index is 247. The van der Waals surface area contributed by atoms with Gasteiger partial charge in [-0.2, -0.15) is 0 Å². The molecule has 0 aromatic rings. The maximum Gasteiger partial charge on any atom is 0.0959 e. The first-order valence-corrected chi connectivity index (χ1v) is 7.31. The summed E-state index contributed by atoms with van der Waals surface area (Å²) in [6, 6.07) is 0. The van der Waals surface area contributed by atoms with E-state index >= 15 is 0 Å². The third-order valence-corrected chi connectivity index (χ3v) is 4.89. The van der Waals surface area contributed by atoms with Crippen LogP contribution < -0.4 is 5.32 Å². The van der Waals surface area contributed by atoms with Crippen LogP contribution in [-0.4, -0.2) is 38.5 Å². The molecule has 1 atom stereocenters. The molecule has 17 heavy (non-hydrogen) atoms. The quantitative estimate of drug-likeness (QED) is 0.744. The first-order valence-electron chi connectivity index (χ1n) is 7.31. The van der Waals surface area contributed by atoms with Gasteiger partial charge in [-0.3, -0.25) is 0 Å². The van der Waals surface area contributed by atoms with Crippen molar-refractivity contribution in [2.75, 3.05) is 32.9 Å². The van der Waals surface area contributed by atoms with Gasteiger partial charge in [-0.25, -0.2) is 0 Å². The largest absolute Gasteiger partial charge is 0.381 e. The van der Waals surface area contributed by atoms with Gasteiger partial charge >= 0.3 is 0 Å². The molecule has 0 amide bonds. The van der Waals surface area contributed by atoms with Gasteiger partial charge in [0.15, 0.2) is 0 Å². The minimum atomic E-state index is 0.191. The summed E-state index contributed by atoms with van der Waals surface area (Å²) in [7, 11) is 0. The van der Waals surface area contributed by atoms with Crippen molar-refractivity contribution < 1.29 is 9.47 Å². The van der Waals surface area contributed by atoms with Crippen LogP contribution in [0.3, 0.4) is 0 Å². The van der Waals surface area contributed by atoms with Gasteiger partial charge < -0.3 is 14.8 Å². The van der Waals surface area contributed by atoms with Crippen LogP contribution in [0.1, 0.15) is 38.5 Å². The fraction of sp³-hybridized carbons (Fsp3) is 1.00. The van der Waals surface area contributed by atoms with E-state index in [9.17, 15) is 0 Å². The first-order chi connectivity index (χ1) is 8.39. The minimum absolute atomic E-state index is 0.191. The molecule has 3 fully saturated rings. The van der Waals surface area contributed by atoms with Crippen LogP contribution in [0.25, 0.3) is 0 Å². The number of rotatable bonds is 5. The lowest BCUT2D eigenvalue weighted by Gasteiger charge is -2.43. The molecular weight excluding hydrogens is 214 g/mol. The molecule has 2 saturated heterocycles. The molecule has 3 aliphatic rings. The second-order valence-corrected chi connectivity index (χ2v) is 6.02. The zero-order valence-electron chi connectivity index (χ0n) is 10.7. The van der Waals surface area contributed by atoms with Gasteiger partial charge in [0.2, 0.25) is 0 Å². The Hall–Kier alpha value is -0.120. The van der Waals surface area contributed by atoms with Crippen molar-refractivity contribution in [3.05, 3.63) is 0 Å². The Morgan fingerprint density at radius 3 is 2.71 bits per heavy atom. The average molecular weight is 239 g/mol. The summed E-state index contributed by atoms with van der Waals surface area (Å²) < 4.78 is 11.8. The van der Waals surface area contributed by atoms with E-state index in [1.54, 1.807) is 0 Å². The molecule has 1 aliphatic carbocycles. The maximum absolute atomic E-state index is 5.90. The number of hydrogen-bond donors (Lipinski definition) is 1. The van der Waals surface area contributed by atoms with E-state index in [-0.39, 0.29) is 5.60 Å². The normalized spacial score (nSPS) is 32.1. The van der Waals surface area contributed by atoms with E-state index in [1.807, 2.05) is 0 Å². The van der Waals surface area contributed by atoms with E-state index in [2.05, 4.69) is 5.32 Å². The van der Waals surface area contributed by atoms with E-state index < -0.39 is 0 Å². The molecule has 98 valence electrons. The van der Waals surface area contributed by atoms with Crippen molar-refractivity contribution in [1.82, 2.24) is 5.32 Å². The van der Waals surface area contributed by atoms with Crippen molar-refractivity contribution in [3.8, 4) is 0 Å². The molecular formula is C14H25NO2. The predicted octanol–water partition coefficient (Wildman–Crippen LogP) is 1.96. The highest BCUT2D eigenvalue weighted by Gasteiger charge is 2.48. The topological polar surface area (TPSA) is 30.5 Å². The minimum Gasteiger partial charge on any atom is -0.381 e. The molecule has 0 aromatic heterocycles. The van der Waals surface area contributed by atoms with Crippen molar-refractivity contribution in [1.29, 1.82) is 0 Å². The van der Waals surface area contributed by atoms with Gasteiger partial charge in [0.05, 0.1) is 5.60 Å². The third-order valence-electron chi connectivity index (χ3n) is 4.89. The zero-order chi connectivity index (χ0) is 11.6.